The number of carbonyl (C=O) groups excluding carboxylic acids is 1. The van der Waals surface area contributed by atoms with Crippen LogP contribution in [0.5, 0.6) is 11.5 Å². The van der Waals surface area contributed by atoms with Crippen LogP contribution in [-0.4, -0.2) is 28.5 Å². The number of rotatable bonds is 8. The number of anilines is 2. The molecule has 1 heterocycles. The first-order valence-electron chi connectivity index (χ1n) is 11.2. The first-order valence-corrected chi connectivity index (χ1v) is 11.2. The maximum atomic E-state index is 11.4. The van der Waals surface area contributed by atoms with Gasteiger partial charge in [-0.25, -0.2) is 9.97 Å². The van der Waals surface area contributed by atoms with Crippen molar-refractivity contribution < 1.29 is 9.53 Å². The second-order valence-corrected chi connectivity index (χ2v) is 8.23. The Bertz CT molecular complexity index is 1080. The molecule has 4 N–H and O–H groups in total. The SMILES string of the molecule is C=CC(=O)NCC1CCC(Nc2ncnc(N)c2-c2ccc(Oc3ccccc3)cc2)CC1. The molecule has 2 aromatic carbocycles. The molecule has 0 aliphatic heterocycles. The van der Waals surface area contributed by atoms with E-state index in [1.807, 2.05) is 54.6 Å². The molecule has 1 aliphatic rings. The molecule has 0 bridgehead atoms. The van der Waals surface area contributed by atoms with Gasteiger partial charge in [-0.1, -0.05) is 36.9 Å². The quantitative estimate of drug-likeness (QED) is 0.433. The van der Waals surface area contributed by atoms with Crippen LogP contribution in [0.2, 0.25) is 0 Å². The Morgan fingerprint density at radius 2 is 1.73 bits per heavy atom. The number of hydrogen-bond acceptors (Lipinski definition) is 6. The molecular formula is C26H29N5O2. The second-order valence-electron chi connectivity index (χ2n) is 8.23. The van der Waals surface area contributed by atoms with Crippen LogP contribution in [0.25, 0.3) is 11.1 Å². The fourth-order valence-electron chi connectivity index (χ4n) is 4.13. The summed E-state index contributed by atoms with van der Waals surface area (Å²) in [7, 11) is 0. The zero-order valence-electron chi connectivity index (χ0n) is 18.5. The van der Waals surface area contributed by atoms with Gasteiger partial charge in [-0.15, -0.1) is 0 Å². The normalized spacial score (nSPS) is 17.7. The van der Waals surface area contributed by atoms with Gasteiger partial charge >= 0.3 is 0 Å². The minimum atomic E-state index is -0.114. The molecule has 1 aliphatic carbocycles. The van der Waals surface area contributed by atoms with E-state index in [-0.39, 0.29) is 5.91 Å². The number of amides is 1. The van der Waals surface area contributed by atoms with Gasteiger partial charge in [0.25, 0.3) is 0 Å². The third kappa shape index (κ3) is 5.88. The van der Waals surface area contributed by atoms with Gasteiger partial charge in [-0.05, 0) is 67.5 Å². The molecule has 0 spiro atoms. The molecule has 0 unspecified atom stereocenters. The van der Waals surface area contributed by atoms with Crippen molar-refractivity contribution in [3.63, 3.8) is 0 Å². The van der Waals surface area contributed by atoms with E-state index in [1.165, 1.54) is 12.4 Å². The zero-order chi connectivity index (χ0) is 23.0. The third-order valence-electron chi connectivity index (χ3n) is 5.94. The van der Waals surface area contributed by atoms with Crippen LogP contribution in [0.1, 0.15) is 25.7 Å². The summed E-state index contributed by atoms with van der Waals surface area (Å²) in [6.07, 6.45) is 6.88. The molecule has 33 heavy (non-hydrogen) atoms. The van der Waals surface area contributed by atoms with Crippen LogP contribution < -0.4 is 21.1 Å². The van der Waals surface area contributed by atoms with E-state index in [2.05, 4.69) is 27.2 Å². The van der Waals surface area contributed by atoms with Gasteiger partial charge < -0.3 is 21.1 Å². The summed E-state index contributed by atoms with van der Waals surface area (Å²) >= 11 is 0. The lowest BCUT2D eigenvalue weighted by Crippen LogP contribution is -2.33. The second kappa shape index (κ2) is 10.6. The molecule has 1 amide bonds. The summed E-state index contributed by atoms with van der Waals surface area (Å²) in [5.74, 6) is 3.08. The first-order chi connectivity index (χ1) is 16.1. The van der Waals surface area contributed by atoms with Crippen LogP contribution in [0.4, 0.5) is 11.6 Å². The van der Waals surface area contributed by atoms with Crippen molar-refractivity contribution in [2.75, 3.05) is 17.6 Å². The third-order valence-corrected chi connectivity index (χ3v) is 5.94. The van der Waals surface area contributed by atoms with E-state index in [4.69, 9.17) is 10.5 Å². The van der Waals surface area contributed by atoms with Crippen molar-refractivity contribution in [3.05, 3.63) is 73.6 Å². The fourth-order valence-corrected chi connectivity index (χ4v) is 4.13. The van der Waals surface area contributed by atoms with Crippen LogP contribution in [0.15, 0.2) is 73.6 Å². The number of nitrogen functional groups attached to an aromatic ring is 1. The summed E-state index contributed by atoms with van der Waals surface area (Å²) in [5, 5.41) is 6.47. The van der Waals surface area contributed by atoms with Gasteiger partial charge in [-0.3, -0.25) is 4.79 Å². The number of benzene rings is 2. The molecule has 1 aromatic heterocycles. The Labute approximate surface area is 194 Å². The average molecular weight is 444 g/mol. The largest absolute Gasteiger partial charge is 0.457 e. The molecular weight excluding hydrogens is 414 g/mol. The van der Waals surface area contributed by atoms with Gasteiger partial charge in [-0.2, -0.15) is 0 Å². The summed E-state index contributed by atoms with van der Waals surface area (Å²) in [5.41, 5.74) is 7.98. The number of ether oxygens (including phenoxy) is 1. The van der Waals surface area contributed by atoms with E-state index in [1.54, 1.807) is 0 Å². The Kier molecular flexibility index (Phi) is 7.19. The predicted molar refractivity (Wildman–Crippen MR) is 131 cm³/mol. The summed E-state index contributed by atoms with van der Waals surface area (Å²) in [6.45, 7) is 4.19. The van der Waals surface area contributed by atoms with Gasteiger partial charge in [0, 0.05) is 12.6 Å². The van der Waals surface area contributed by atoms with Crippen molar-refractivity contribution in [2.24, 2.45) is 5.92 Å². The van der Waals surface area contributed by atoms with Gasteiger partial charge in [0.05, 0.1) is 5.56 Å². The average Bonchev–Trinajstić information content (AvgIpc) is 2.85. The predicted octanol–water partition coefficient (Wildman–Crippen LogP) is 4.79. The van der Waals surface area contributed by atoms with Gasteiger partial charge in [0.2, 0.25) is 5.91 Å². The number of nitrogens with two attached hydrogens (primary N) is 1. The highest BCUT2D eigenvalue weighted by molar-refractivity contribution is 5.86. The lowest BCUT2D eigenvalue weighted by molar-refractivity contribution is -0.116. The molecule has 3 aromatic rings. The minimum Gasteiger partial charge on any atom is -0.457 e. The Balaban J connectivity index is 1.42. The molecule has 0 saturated heterocycles. The Morgan fingerprint density at radius 3 is 2.42 bits per heavy atom. The maximum absolute atomic E-state index is 11.4. The van der Waals surface area contributed by atoms with Crippen LogP contribution in [-0.2, 0) is 4.79 Å². The molecule has 0 radical (unpaired) electrons. The van der Waals surface area contributed by atoms with E-state index in [0.717, 1.165) is 54.1 Å². The molecule has 0 atom stereocenters. The highest BCUT2D eigenvalue weighted by Gasteiger charge is 2.23. The van der Waals surface area contributed by atoms with Crippen molar-refractivity contribution in [1.82, 2.24) is 15.3 Å². The highest BCUT2D eigenvalue weighted by atomic mass is 16.5. The fraction of sp³-hybridized carbons (Fsp3) is 0.269. The lowest BCUT2D eigenvalue weighted by Gasteiger charge is -2.30. The lowest BCUT2D eigenvalue weighted by atomic mass is 9.86. The Morgan fingerprint density at radius 1 is 1.03 bits per heavy atom. The van der Waals surface area contributed by atoms with Crippen molar-refractivity contribution >= 4 is 17.5 Å². The van der Waals surface area contributed by atoms with E-state index < -0.39 is 0 Å². The minimum absolute atomic E-state index is 0.114. The maximum Gasteiger partial charge on any atom is 0.243 e. The summed E-state index contributed by atoms with van der Waals surface area (Å²) in [4.78, 5) is 20.1. The number of aromatic nitrogens is 2. The molecule has 170 valence electrons. The standard InChI is InChI=1S/C26H29N5O2/c1-2-23(32)28-16-18-8-12-20(13-9-18)31-26-24(25(27)29-17-30-26)19-10-14-22(15-11-19)33-21-6-4-3-5-7-21/h2-7,10-11,14-15,17-18,20H,1,8-9,12-13,16H2,(H,28,32)(H3,27,29,30,31). The summed E-state index contributed by atoms with van der Waals surface area (Å²) < 4.78 is 5.89. The number of hydrogen-bond donors (Lipinski definition) is 3. The molecule has 7 heteroatoms. The molecule has 1 fully saturated rings. The summed E-state index contributed by atoms with van der Waals surface area (Å²) in [6, 6.07) is 17.7. The van der Waals surface area contributed by atoms with Crippen molar-refractivity contribution in [2.45, 2.75) is 31.7 Å². The van der Waals surface area contributed by atoms with Crippen molar-refractivity contribution in [3.8, 4) is 22.6 Å². The van der Waals surface area contributed by atoms with Crippen LogP contribution in [0.3, 0.4) is 0 Å². The van der Waals surface area contributed by atoms with Crippen LogP contribution >= 0.6 is 0 Å². The van der Waals surface area contributed by atoms with E-state index >= 15 is 0 Å². The number of para-hydroxylation sites is 1. The van der Waals surface area contributed by atoms with Crippen LogP contribution in [0, 0.1) is 5.92 Å². The first kappa shape index (κ1) is 22.3. The number of carbonyl (C=O) groups is 1. The molecule has 4 rings (SSSR count). The van der Waals surface area contributed by atoms with Gasteiger partial charge in [0.1, 0.15) is 29.5 Å². The van der Waals surface area contributed by atoms with Gasteiger partial charge in [0.15, 0.2) is 0 Å². The van der Waals surface area contributed by atoms with Crippen molar-refractivity contribution in [1.29, 1.82) is 0 Å². The number of nitrogens with zero attached hydrogens (tertiary/aromatic N) is 2. The smallest absolute Gasteiger partial charge is 0.243 e. The zero-order valence-corrected chi connectivity index (χ0v) is 18.5. The molecule has 7 nitrogen and oxygen atoms in total. The van der Waals surface area contributed by atoms with E-state index in [0.29, 0.717) is 24.3 Å². The molecule has 1 saturated carbocycles. The Hall–Kier alpha value is -3.87. The topological polar surface area (TPSA) is 102 Å². The van der Waals surface area contributed by atoms with E-state index in [9.17, 15) is 4.79 Å². The monoisotopic (exact) mass is 443 g/mol. The highest BCUT2D eigenvalue weighted by Crippen LogP contribution is 2.34. The number of nitrogens with one attached hydrogen (secondary N) is 2.